The highest BCUT2D eigenvalue weighted by Crippen LogP contribution is 2.26. The van der Waals surface area contributed by atoms with Crippen molar-refractivity contribution < 1.29 is 4.74 Å². The number of ether oxygens (including phenoxy) is 1. The summed E-state index contributed by atoms with van der Waals surface area (Å²) in [6.07, 6.45) is 5.17. The van der Waals surface area contributed by atoms with Gasteiger partial charge in [0.15, 0.2) is 0 Å². The fraction of sp³-hybridized carbons (Fsp3) is 0.417. The van der Waals surface area contributed by atoms with E-state index in [9.17, 15) is 4.79 Å². The van der Waals surface area contributed by atoms with Gasteiger partial charge < -0.3 is 15.0 Å². The third-order valence-electron chi connectivity index (χ3n) is 5.87. The van der Waals surface area contributed by atoms with Crippen LogP contribution in [-0.2, 0) is 4.74 Å². The monoisotopic (exact) mass is 406 g/mol. The molecule has 1 fully saturated rings. The predicted molar refractivity (Wildman–Crippen MR) is 122 cm³/mol. The SMILES string of the molecule is COC1CCN(CCCCCNc2cccc(-c3n[nH]c(=O)c4ccccc34)c2)C1. The Bertz CT molecular complexity index is 1030. The molecule has 6 nitrogen and oxygen atoms in total. The normalized spacial score (nSPS) is 16.9. The Labute approximate surface area is 177 Å². The van der Waals surface area contributed by atoms with Crippen molar-refractivity contribution in [3.8, 4) is 11.3 Å². The fourth-order valence-electron chi connectivity index (χ4n) is 4.17. The molecule has 1 unspecified atom stereocenters. The lowest BCUT2D eigenvalue weighted by atomic mass is 10.0. The first-order valence-corrected chi connectivity index (χ1v) is 10.8. The molecule has 1 atom stereocenters. The van der Waals surface area contributed by atoms with Crippen molar-refractivity contribution in [1.82, 2.24) is 15.1 Å². The average molecular weight is 407 g/mol. The van der Waals surface area contributed by atoms with E-state index in [0.29, 0.717) is 11.5 Å². The number of hydrogen-bond donors (Lipinski definition) is 2. The van der Waals surface area contributed by atoms with Crippen molar-refractivity contribution in [3.05, 3.63) is 58.9 Å². The van der Waals surface area contributed by atoms with Crippen LogP contribution in [0.2, 0.25) is 0 Å². The molecule has 158 valence electrons. The summed E-state index contributed by atoms with van der Waals surface area (Å²) in [6, 6.07) is 15.8. The topological polar surface area (TPSA) is 70.2 Å². The van der Waals surface area contributed by atoms with E-state index >= 15 is 0 Å². The van der Waals surface area contributed by atoms with Crippen molar-refractivity contribution in [2.45, 2.75) is 31.8 Å². The number of nitrogens with one attached hydrogen (secondary N) is 2. The minimum atomic E-state index is -0.157. The van der Waals surface area contributed by atoms with Crippen molar-refractivity contribution in [2.24, 2.45) is 0 Å². The molecular weight excluding hydrogens is 376 g/mol. The first-order chi connectivity index (χ1) is 14.7. The first kappa shape index (κ1) is 20.6. The van der Waals surface area contributed by atoms with Crippen molar-refractivity contribution in [1.29, 1.82) is 0 Å². The highest BCUT2D eigenvalue weighted by molar-refractivity contribution is 5.94. The van der Waals surface area contributed by atoms with Crippen LogP contribution in [0, 0.1) is 0 Å². The smallest absolute Gasteiger partial charge is 0.272 e. The number of nitrogens with zero attached hydrogens (tertiary/aromatic N) is 2. The Kier molecular flexibility index (Phi) is 6.77. The van der Waals surface area contributed by atoms with Gasteiger partial charge in [-0.1, -0.05) is 36.8 Å². The van der Waals surface area contributed by atoms with E-state index < -0.39 is 0 Å². The van der Waals surface area contributed by atoms with Gasteiger partial charge in [-0.25, -0.2) is 5.10 Å². The largest absolute Gasteiger partial charge is 0.385 e. The highest BCUT2D eigenvalue weighted by atomic mass is 16.5. The molecule has 2 N–H and O–H groups in total. The van der Waals surface area contributed by atoms with Crippen LogP contribution in [0.3, 0.4) is 0 Å². The second kappa shape index (κ2) is 9.87. The van der Waals surface area contributed by atoms with Crippen LogP contribution in [0.5, 0.6) is 0 Å². The van der Waals surface area contributed by atoms with E-state index in [0.717, 1.165) is 54.8 Å². The van der Waals surface area contributed by atoms with E-state index in [1.165, 1.54) is 19.4 Å². The summed E-state index contributed by atoms with van der Waals surface area (Å²) in [7, 11) is 1.81. The average Bonchev–Trinajstić information content (AvgIpc) is 3.25. The van der Waals surface area contributed by atoms with Gasteiger partial charge in [-0.2, -0.15) is 5.10 Å². The number of anilines is 1. The van der Waals surface area contributed by atoms with Gasteiger partial charge >= 0.3 is 0 Å². The Morgan fingerprint density at radius 1 is 1.13 bits per heavy atom. The molecule has 1 aromatic heterocycles. The first-order valence-electron chi connectivity index (χ1n) is 10.8. The van der Waals surface area contributed by atoms with Crippen LogP contribution >= 0.6 is 0 Å². The van der Waals surface area contributed by atoms with E-state index in [2.05, 4.69) is 32.5 Å². The Morgan fingerprint density at radius 3 is 2.83 bits per heavy atom. The molecule has 4 rings (SSSR count). The van der Waals surface area contributed by atoms with E-state index in [1.807, 2.05) is 43.5 Å². The molecule has 0 spiro atoms. The molecular formula is C24H30N4O2. The van der Waals surface area contributed by atoms with Crippen LogP contribution in [0.15, 0.2) is 53.3 Å². The molecule has 0 aliphatic carbocycles. The van der Waals surface area contributed by atoms with Gasteiger partial charge in [-0.15, -0.1) is 0 Å². The molecule has 0 bridgehead atoms. The van der Waals surface area contributed by atoms with Crippen LogP contribution < -0.4 is 10.9 Å². The molecule has 2 heterocycles. The zero-order chi connectivity index (χ0) is 20.8. The molecule has 3 aromatic rings. The quantitative estimate of drug-likeness (QED) is 0.528. The molecule has 1 saturated heterocycles. The number of H-pyrrole nitrogens is 1. The Balaban J connectivity index is 1.30. The zero-order valence-corrected chi connectivity index (χ0v) is 17.6. The lowest BCUT2D eigenvalue weighted by Crippen LogP contribution is -2.24. The Morgan fingerprint density at radius 2 is 2.00 bits per heavy atom. The predicted octanol–water partition coefficient (Wildman–Crippen LogP) is 3.89. The van der Waals surface area contributed by atoms with Gasteiger partial charge in [0.1, 0.15) is 0 Å². The van der Waals surface area contributed by atoms with Crippen molar-refractivity contribution in [2.75, 3.05) is 38.6 Å². The number of rotatable bonds is 9. The number of fused-ring (bicyclic) bond motifs is 1. The van der Waals surface area contributed by atoms with Gasteiger partial charge in [-0.3, -0.25) is 4.79 Å². The summed E-state index contributed by atoms with van der Waals surface area (Å²) in [5.41, 5.74) is 2.71. The number of aromatic amines is 1. The second-order valence-corrected chi connectivity index (χ2v) is 7.96. The third-order valence-corrected chi connectivity index (χ3v) is 5.87. The van der Waals surface area contributed by atoms with Gasteiger partial charge in [0, 0.05) is 43.4 Å². The summed E-state index contributed by atoms with van der Waals surface area (Å²) in [5.74, 6) is 0. The van der Waals surface area contributed by atoms with E-state index in [4.69, 9.17) is 4.74 Å². The lowest BCUT2D eigenvalue weighted by Gasteiger charge is -2.15. The van der Waals surface area contributed by atoms with E-state index in [-0.39, 0.29) is 5.56 Å². The molecule has 6 heteroatoms. The summed E-state index contributed by atoms with van der Waals surface area (Å²) in [5, 5.41) is 12.0. The number of methoxy groups -OCH3 is 1. The number of unbranched alkanes of at least 4 members (excludes halogenated alkanes) is 2. The van der Waals surface area contributed by atoms with Gasteiger partial charge in [-0.05, 0) is 44.0 Å². The maximum absolute atomic E-state index is 12.0. The van der Waals surface area contributed by atoms with Crippen LogP contribution in [0.1, 0.15) is 25.7 Å². The van der Waals surface area contributed by atoms with Crippen LogP contribution in [0.4, 0.5) is 5.69 Å². The number of aromatic nitrogens is 2. The van der Waals surface area contributed by atoms with Crippen LogP contribution in [0.25, 0.3) is 22.0 Å². The van der Waals surface area contributed by atoms with Gasteiger partial charge in [0.05, 0.1) is 17.2 Å². The zero-order valence-electron chi connectivity index (χ0n) is 17.6. The van der Waals surface area contributed by atoms with Crippen molar-refractivity contribution in [3.63, 3.8) is 0 Å². The number of hydrogen-bond acceptors (Lipinski definition) is 5. The summed E-state index contributed by atoms with van der Waals surface area (Å²) >= 11 is 0. The molecule has 2 aromatic carbocycles. The van der Waals surface area contributed by atoms with E-state index in [1.54, 1.807) is 0 Å². The maximum atomic E-state index is 12.0. The maximum Gasteiger partial charge on any atom is 0.272 e. The molecule has 0 amide bonds. The number of likely N-dealkylation sites (tertiary alicyclic amines) is 1. The summed E-state index contributed by atoms with van der Waals surface area (Å²) in [4.78, 5) is 14.5. The van der Waals surface area contributed by atoms with Gasteiger partial charge in [0.2, 0.25) is 0 Å². The van der Waals surface area contributed by atoms with Crippen molar-refractivity contribution >= 4 is 16.5 Å². The van der Waals surface area contributed by atoms with Crippen LogP contribution in [-0.4, -0.2) is 54.5 Å². The molecule has 1 aliphatic rings. The highest BCUT2D eigenvalue weighted by Gasteiger charge is 2.20. The fourth-order valence-corrected chi connectivity index (χ4v) is 4.17. The minimum absolute atomic E-state index is 0.157. The minimum Gasteiger partial charge on any atom is -0.385 e. The second-order valence-electron chi connectivity index (χ2n) is 7.96. The molecule has 0 saturated carbocycles. The standard InChI is InChI=1S/C24H30N4O2/c1-30-20-12-15-28(17-20)14-6-2-5-13-25-19-9-7-8-18(16-19)23-21-10-3-4-11-22(21)24(29)27-26-23/h3-4,7-11,16,20,25H,2,5-6,12-15,17H2,1H3,(H,27,29). The third kappa shape index (κ3) is 4.89. The van der Waals surface area contributed by atoms with Gasteiger partial charge in [0.25, 0.3) is 5.56 Å². The summed E-state index contributed by atoms with van der Waals surface area (Å²) < 4.78 is 5.43. The number of benzene rings is 2. The Hall–Kier alpha value is -2.70. The molecule has 1 aliphatic heterocycles. The lowest BCUT2D eigenvalue weighted by molar-refractivity contribution is 0.108. The molecule has 0 radical (unpaired) electrons. The summed E-state index contributed by atoms with van der Waals surface area (Å²) in [6.45, 7) is 4.36. The molecule has 30 heavy (non-hydrogen) atoms.